The molecule has 0 radical (unpaired) electrons. The van der Waals surface area contributed by atoms with Crippen LogP contribution in [0.3, 0.4) is 0 Å². The van der Waals surface area contributed by atoms with Crippen LogP contribution in [0.5, 0.6) is 0 Å². The zero-order valence-corrected chi connectivity index (χ0v) is 20.5. The fourth-order valence-corrected chi connectivity index (χ4v) is 4.55. The third kappa shape index (κ3) is 5.45. The number of carbonyl (C=O) groups is 1. The van der Waals surface area contributed by atoms with Crippen molar-refractivity contribution < 1.29 is 4.79 Å². The molecule has 1 aromatic carbocycles. The molecule has 1 aliphatic heterocycles. The van der Waals surface area contributed by atoms with Gasteiger partial charge in [-0.05, 0) is 45.3 Å². The van der Waals surface area contributed by atoms with Gasteiger partial charge in [-0.2, -0.15) is 0 Å². The lowest BCUT2D eigenvalue weighted by Gasteiger charge is -2.35. The van der Waals surface area contributed by atoms with Gasteiger partial charge in [-0.25, -0.2) is 4.98 Å². The number of rotatable bonds is 7. The summed E-state index contributed by atoms with van der Waals surface area (Å²) in [6, 6.07) is 7.62. The number of hydrogen-bond donors (Lipinski definition) is 0. The van der Waals surface area contributed by atoms with Gasteiger partial charge in [-0.3, -0.25) is 19.2 Å². The van der Waals surface area contributed by atoms with E-state index in [1.54, 1.807) is 18.6 Å². The lowest BCUT2D eigenvalue weighted by molar-refractivity contribution is -0.128. The predicted octanol–water partition coefficient (Wildman–Crippen LogP) is 2.77. The van der Waals surface area contributed by atoms with E-state index < -0.39 is 0 Å². The number of halogens is 1. The molecule has 2 aromatic heterocycles. The van der Waals surface area contributed by atoms with E-state index in [9.17, 15) is 4.79 Å². The molecule has 11 heteroatoms. The Labute approximate surface area is 202 Å². The van der Waals surface area contributed by atoms with Crippen LogP contribution in [-0.2, 0) is 4.79 Å². The molecule has 0 spiro atoms. The number of aromatic nitrogens is 5. The number of piperazine rings is 1. The van der Waals surface area contributed by atoms with Crippen molar-refractivity contribution in [1.29, 1.82) is 0 Å². The van der Waals surface area contributed by atoms with Gasteiger partial charge in [-0.1, -0.05) is 23.4 Å². The Kier molecular flexibility index (Phi) is 7.46. The summed E-state index contributed by atoms with van der Waals surface area (Å²) in [5, 5.41) is 10.2. The van der Waals surface area contributed by atoms with Crippen molar-refractivity contribution in [1.82, 2.24) is 34.5 Å². The van der Waals surface area contributed by atoms with Gasteiger partial charge in [-0.15, -0.1) is 10.2 Å². The molecule has 0 saturated carbocycles. The summed E-state index contributed by atoms with van der Waals surface area (Å²) in [6.45, 7) is 4.86. The Morgan fingerprint density at radius 2 is 1.85 bits per heavy atom. The molecular weight excluding hydrogens is 460 g/mol. The molecule has 3 heterocycles. The van der Waals surface area contributed by atoms with Crippen LogP contribution in [0.2, 0.25) is 5.02 Å². The highest BCUT2D eigenvalue weighted by atomic mass is 35.5. The summed E-state index contributed by atoms with van der Waals surface area (Å²) < 4.78 is 2.00. The first kappa shape index (κ1) is 23.5. The second-order valence-corrected chi connectivity index (χ2v) is 9.39. The highest BCUT2D eigenvalue weighted by molar-refractivity contribution is 7.99. The molecule has 174 valence electrons. The maximum Gasteiger partial charge on any atom is 0.233 e. The van der Waals surface area contributed by atoms with Crippen molar-refractivity contribution >= 4 is 35.1 Å². The Morgan fingerprint density at radius 1 is 1.12 bits per heavy atom. The Balaban J connectivity index is 1.44. The van der Waals surface area contributed by atoms with Crippen molar-refractivity contribution in [2.45, 2.75) is 18.1 Å². The molecule has 33 heavy (non-hydrogen) atoms. The molecule has 9 nitrogen and oxygen atoms in total. The highest BCUT2D eigenvalue weighted by Gasteiger charge is 2.25. The second kappa shape index (κ2) is 10.5. The van der Waals surface area contributed by atoms with Crippen molar-refractivity contribution in [2.24, 2.45) is 0 Å². The third-order valence-corrected chi connectivity index (χ3v) is 6.89. The molecule has 1 unspecified atom stereocenters. The number of carbonyl (C=O) groups excluding carboxylic acids is 1. The molecule has 4 rings (SSSR count). The first-order valence-electron chi connectivity index (χ1n) is 10.7. The fraction of sp³-hybridized carbons (Fsp3) is 0.409. The maximum atomic E-state index is 12.9. The minimum atomic E-state index is 0.0485. The molecule has 1 amide bonds. The van der Waals surface area contributed by atoms with Crippen molar-refractivity contribution in [3.05, 3.63) is 53.7 Å². The van der Waals surface area contributed by atoms with Crippen molar-refractivity contribution in [2.75, 3.05) is 50.9 Å². The summed E-state index contributed by atoms with van der Waals surface area (Å²) in [5.41, 5.74) is 0.917. The van der Waals surface area contributed by atoms with Crippen LogP contribution in [0, 0.1) is 0 Å². The van der Waals surface area contributed by atoms with Crippen LogP contribution in [0.4, 0.5) is 5.82 Å². The van der Waals surface area contributed by atoms with Crippen LogP contribution in [0.1, 0.15) is 18.8 Å². The monoisotopic (exact) mass is 486 g/mol. The summed E-state index contributed by atoms with van der Waals surface area (Å²) in [6.07, 6.45) is 5.10. The van der Waals surface area contributed by atoms with E-state index in [0.717, 1.165) is 30.4 Å². The minimum absolute atomic E-state index is 0.0485. The Hall–Kier alpha value is -2.69. The lowest BCUT2D eigenvalue weighted by Crippen LogP contribution is -2.49. The molecule has 1 atom stereocenters. The summed E-state index contributed by atoms with van der Waals surface area (Å²) in [4.78, 5) is 27.5. The number of thioether (sulfide) groups is 1. The van der Waals surface area contributed by atoms with Gasteiger partial charge in [0, 0.05) is 49.3 Å². The van der Waals surface area contributed by atoms with Crippen molar-refractivity contribution in [3.8, 4) is 5.69 Å². The maximum absolute atomic E-state index is 12.9. The van der Waals surface area contributed by atoms with Gasteiger partial charge < -0.3 is 9.80 Å². The summed E-state index contributed by atoms with van der Waals surface area (Å²) in [7, 11) is 4.01. The van der Waals surface area contributed by atoms with E-state index in [2.05, 4.69) is 36.9 Å². The fourth-order valence-electron chi connectivity index (χ4n) is 3.57. The summed E-state index contributed by atoms with van der Waals surface area (Å²) in [5.74, 6) is 2.05. The number of amides is 1. The largest absolute Gasteiger partial charge is 0.352 e. The van der Waals surface area contributed by atoms with E-state index in [4.69, 9.17) is 11.6 Å². The Morgan fingerprint density at radius 3 is 2.48 bits per heavy atom. The average molecular weight is 487 g/mol. The molecule has 0 N–H and O–H groups in total. The minimum Gasteiger partial charge on any atom is -0.352 e. The van der Waals surface area contributed by atoms with Gasteiger partial charge >= 0.3 is 0 Å². The van der Waals surface area contributed by atoms with Crippen LogP contribution in [-0.4, -0.2) is 86.5 Å². The zero-order valence-electron chi connectivity index (χ0n) is 18.9. The van der Waals surface area contributed by atoms with E-state index in [-0.39, 0.29) is 11.9 Å². The topological polar surface area (TPSA) is 83.3 Å². The first-order chi connectivity index (χ1) is 15.9. The normalized spacial score (nSPS) is 15.2. The Bertz CT molecular complexity index is 1070. The van der Waals surface area contributed by atoms with Gasteiger partial charge in [0.25, 0.3) is 0 Å². The standard InChI is InChI=1S/C22H27ClN8OS/c1-16(28(2)3)21-26-27-22(31(21)18-6-4-17(23)5-7-18)33-15-20(32)30-12-10-29(11-13-30)19-14-24-8-9-25-19/h4-9,14,16H,10-13,15H2,1-3H3. The van der Waals surface area contributed by atoms with Gasteiger partial charge in [0.2, 0.25) is 5.91 Å². The molecule has 3 aromatic rings. The van der Waals surface area contributed by atoms with E-state index in [1.807, 2.05) is 47.8 Å². The van der Waals surface area contributed by atoms with Crippen LogP contribution in [0.25, 0.3) is 5.69 Å². The molecule has 1 saturated heterocycles. The van der Waals surface area contributed by atoms with Gasteiger partial charge in [0.1, 0.15) is 5.82 Å². The van der Waals surface area contributed by atoms with Gasteiger partial charge in [0.15, 0.2) is 11.0 Å². The van der Waals surface area contributed by atoms with E-state index in [1.165, 1.54) is 11.8 Å². The average Bonchev–Trinajstić information content (AvgIpc) is 3.27. The van der Waals surface area contributed by atoms with Crippen LogP contribution in [0.15, 0.2) is 48.0 Å². The SMILES string of the molecule is CC(c1nnc(SCC(=O)N2CCN(c3cnccn3)CC2)n1-c1ccc(Cl)cc1)N(C)C. The van der Waals surface area contributed by atoms with Gasteiger partial charge in [0.05, 0.1) is 18.0 Å². The second-order valence-electron chi connectivity index (χ2n) is 8.01. The summed E-state index contributed by atoms with van der Waals surface area (Å²) >= 11 is 7.49. The first-order valence-corrected chi connectivity index (χ1v) is 12.1. The molecule has 1 aliphatic rings. The number of nitrogens with zero attached hydrogens (tertiary/aromatic N) is 8. The van der Waals surface area contributed by atoms with Crippen LogP contribution < -0.4 is 4.90 Å². The van der Waals surface area contributed by atoms with E-state index >= 15 is 0 Å². The predicted molar refractivity (Wildman–Crippen MR) is 130 cm³/mol. The number of anilines is 1. The quantitative estimate of drug-likeness (QED) is 0.471. The van der Waals surface area contributed by atoms with E-state index in [0.29, 0.717) is 29.0 Å². The van der Waals surface area contributed by atoms with Crippen LogP contribution >= 0.6 is 23.4 Å². The third-order valence-electron chi connectivity index (χ3n) is 5.72. The molecular formula is C22H27ClN8OS. The number of hydrogen-bond acceptors (Lipinski definition) is 8. The smallest absolute Gasteiger partial charge is 0.233 e. The highest BCUT2D eigenvalue weighted by Crippen LogP contribution is 2.28. The lowest BCUT2D eigenvalue weighted by atomic mass is 10.2. The number of benzene rings is 1. The molecule has 0 aliphatic carbocycles. The zero-order chi connectivity index (χ0) is 23.4. The van der Waals surface area contributed by atoms with Crippen molar-refractivity contribution in [3.63, 3.8) is 0 Å². The molecule has 1 fully saturated rings. The molecule has 0 bridgehead atoms.